The molecule has 6 heteroatoms. The topological polar surface area (TPSA) is 74.0 Å². The van der Waals surface area contributed by atoms with Crippen molar-refractivity contribution < 1.29 is 4.79 Å². The van der Waals surface area contributed by atoms with Gasteiger partial charge in [0.1, 0.15) is 5.82 Å². The highest BCUT2D eigenvalue weighted by molar-refractivity contribution is 5.89. The fourth-order valence-corrected chi connectivity index (χ4v) is 3.14. The highest BCUT2D eigenvalue weighted by Crippen LogP contribution is 2.21. The van der Waals surface area contributed by atoms with Gasteiger partial charge in [-0.05, 0) is 37.0 Å². The van der Waals surface area contributed by atoms with Crippen LogP contribution in [0.4, 0.5) is 10.5 Å². The molecule has 6 nitrogen and oxygen atoms in total. The van der Waals surface area contributed by atoms with Gasteiger partial charge in [-0.2, -0.15) is 5.26 Å². The number of likely N-dealkylation sites (tertiary alicyclic amines) is 1. The average Bonchev–Trinajstić information content (AvgIpc) is 3.00. The lowest BCUT2D eigenvalue weighted by molar-refractivity contribution is 0.176. The number of carbonyl (C=O) groups is 1. The molecule has 24 heavy (non-hydrogen) atoms. The first-order valence-corrected chi connectivity index (χ1v) is 8.18. The van der Waals surface area contributed by atoms with Gasteiger partial charge in [-0.25, -0.2) is 9.78 Å². The van der Waals surface area contributed by atoms with Gasteiger partial charge < -0.3 is 14.8 Å². The maximum absolute atomic E-state index is 12.5. The minimum atomic E-state index is -0.102. The number of rotatable bonds is 3. The number of urea groups is 1. The Labute approximate surface area is 141 Å². The summed E-state index contributed by atoms with van der Waals surface area (Å²) < 4.78 is 2.03. The maximum atomic E-state index is 12.5. The van der Waals surface area contributed by atoms with Crippen LogP contribution in [-0.2, 0) is 13.5 Å². The molecular formula is C18H21N5O. The Bertz CT molecular complexity index is 761. The number of hydrogen-bond donors (Lipinski definition) is 1. The zero-order chi connectivity index (χ0) is 16.9. The summed E-state index contributed by atoms with van der Waals surface area (Å²) in [6.07, 6.45) is 6.76. The summed E-state index contributed by atoms with van der Waals surface area (Å²) in [5, 5.41) is 11.8. The summed E-state index contributed by atoms with van der Waals surface area (Å²) in [4.78, 5) is 18.7. The van der Waals surface area contributed by atoms with Crippen molar-refractivity contribution in [1.29, 1.82) is 5.26 Å². The van der Waals surface area contributed by atoms with Gasteiger partial charge in [0.2, 0.25) is 0 Å². The number of nitrogens with one attached hydrogen (secondary N) is 1. The molecule has 0 unspecified atom stereocenters. The number of aryl methyl sites for hydroxylation is 1. The van der Waals surface area contributed by atoms with Crippen LogP contribution in [0.5, 0.6) is 0 Å². The van der Waals surface area contributed by atoms with E-state index in [0.29, 0.717) is 17.2 Å². The summed E-state index contributed by atoms with van der Waals surface area (Å²) >= 11 is 0. The second-order valence-corrected chi connectivity index (χ2v) is 6.24. The van der Waals surface area contributed by atoms with Gasteiger partial charge in [0.05, 0.1) is 11.6 Å². The number of imidazole rings is 1. The Morgan fingerprint density at radius 3 is 3.12 bits per heavy atom. The van der Waals surface area contributed by atoms with E-state index in [0.717, 1.165) is 38.2 Å². The van der Waals surface area contributed by atoms with Crippen molar-refractivity contribution in [2.45, 2.75) is 19.3 Å². The number of aromatic nitrogens is 2. The lowest BCUT2D eigenvalue weighted by Gasteiger charge is -2.32. The number of nitrogens with zero attached hydrogens (tertiary/aromatic N) is 4. The molecule has 1 fully saturated rings. The van der Waals surface area contributed by atoms with Crippen molar-refractivity contribution in [3.63, 3.8) is 0 Å². The van der Waals surface area contributed by atoms with Crippen LogP contribution in [0.15, 0.2) is 36.7 Å². The second kappa shape index (κ2) is 7.18. The summed E-state index contributed by atoms with van der Waals surface area (Å²) in [6, 6.07) is 8.96. The molecule has 0 bridgehead atoms. The maximum Gasteiger partial charge on any atom is 0.321 e. The van der Waals surface area contributed by atoms with Gasteiger partial charge in [-0.3, -0.25) is 0 Å². The zero-order valence-corrected chi connectivity index (χ0v) is 13.8. The molecule has 0 radical (unpaired) electrons. The number of hydrogen-bond acceptors (Lipinski definition) is 3. The molecule has 1 aromatic heterocycles. The number of benzene rings is 1. The van der Waals surface area contributed by atoms with E-state index in [2.05, 4.69) is 16.4 Å². The SMILES string of the molecule is Cn1ccnc1C[C@H]1CCCN(C(=O)Nc2cccc(C#N)c2)C1. The molecule has 124 valence electrons. The van der Waals surface area contributed by atoms with Gasteiger partial charge in [0.25, 0.3) is 0 Å². The average molecular weight is 323 g/mol. The van der Waals surface area contributed by atoms with Gasteiger partial charge in [-0.15, -0.1) is 0 Å². The number of carbonyl (C=O) groups excluding carboxylic acids is 1. The molecule has 2 aromatic rings. The molecule has 1 aliphatic rings. The summed E-state index contributed by atoms with van der Waals surface area (Å²) in [5.74, 6) is 1.49. The van der Waals surface area contributed by atoms with Crippen LogP contribution in [0, 0.1) is 17.2 Å². The molecule has 2 amide bonds. The third-order valence-electron chi connectivity index (χ3n) is 4.44. The van der Waals surface area contributed by atoms with E-state index in [-0.39, 0.29) is 6.03 Å². The summed E-state index contributed by atoms with van der Waals surface area (Å²) in [7, 11) is 2.00. The Morgan fingerprint density at radius 1 is 1.50 bits per heavy atom. The van der Waals surface area contributed by atoms with Crippen molar-refractivity contribution in [2.75, 3.05) is 18.4 Å². The van der Waals surface area contributed by atoms with Gasteiger partial charge in [0.15, 0.2) is 0 Å². The third kappa shape index (κ3) is 3.74. The smallest absolute Gasteiger partial charge is 0.321 e. The van der Waals surface area contributed by atoms with E-state index in [4.69, 9.17) is 5.26 Å². The highest BCUT2D eigenvalue weighted by atomic mass is 16.2. The van der Waals surface area contributed by atoms with E-state index in [1.54, 1.807) is 24.3 Å². The molecule has 1 atom stereocenters. The Morgan fingerprint density at radius 2 is 2.38 bits per heavy atom. The van der Waals surface area contributed by atoms with Crippen molar-refractivity contribution in [1.82, 2.24) is 14.5 Å². The van der Waals surface area contributed by atoms with Crippen molar-refractivity contribution in [3.05, 3.63) is 48.0 Å². The number of piperidine rings is 1. The molecular weight excluding hydrogens is 302 g/mol. The normalized spacial score (nSPS) is 17.3. The lowest BCUT2D eigenvalue weighted by atomic mass is 9.94. The zero-order valence-electron chi connectivity index (χ0n) is 13.8. The van der Waals surface area contributed by atoms with Gasteiger partial charge in [0, 0.05) is 44.6 Å². The molecule has 1 saturated heterocycles. The lowest BCUT2D eigenvalue weighted by Crippen LogP contribution is -2.43. The van der Waals surface area contributed by atoms with Crippen LogP contribution in [0.2, 0.25) is 0 Å². The fraction of sp³-hybridized carbons (Fsp3) is 0.389. The molecule has 1 aliphatic heterocycles. The highest BCUT2D eigenvalue weighted by Gasteiger charge is 2.24. The third-order valence-corrected chi connectivity index (χ3v) is 4.44. The molecule has 3 rings (SSSR count). The van der Waals surface area contributed by atoms with Crippen LogP contribution in [0.1, 0.15) is 24.2 Å². The molecule has 0 spiro atoms. The van der Waals surface area contributed by atoms with Crippen LogP contribution >= 0.6 is 0 Å². The molecule has 0 aliphatic carbocycles. The van der Waals surface area contributed by atoms with Crippen molar-refractivity contribution >= 4 is 11.7 Å². The minimum absolute atomic E-state index is 0.102. The summed E-state index contributed by atoms with van der Waals surface area (Å²) in [6.45, 7) is 1.50. The first-order chi connectivity index (χ1) is 11.7. The quantitative estimate of drug-likeness (QED) is 0.944. The standard InChI is InChI=1S/C18H21N5O/c1-22-9-7-20-17(22)11-15-5-3-8-23(13-15)18(24)21-16-6-2-4-14(10-16)12-19/h2,4,6-7,9-10,15H,3,5,8,11,13H2,1H3,(H,21,24)/t15-/m1/s1. The Kier molecular flexibility index (Phi) is 4.80. The fourth-order valence-electron chi connectivity index (χ4n) is 3.14. The second-order valence-electron chi connectivity index (χ2n) is 6.24. The van der Waals surface area contributed by atoms with Crippen molar-refractivity contribution in [2.24, 2.45) is 13.0 Å². The minimum Gasteiger partial charge on any atom is -0.338 e. The van der Waals surface area contributed by atoms with E-state index < -0.39 is 0 Å². The van der Waals surface area contributed by atoms with Crippen LogP contribution in [-0.4, -0.2) is 33.6 Å². The van der Waals surface area contributed by atoms with Crippen LogP contribution in [0.3, 0.4) is 0 Å². The van der Waals surface area contributed by atoms with E-state index >= 15 is 0 Å². The van der Waals surface area contributed by atoms with Crippen LogP contribution < -0.4 is 5.32 Å². The Balaban J connectivity index is 1.60. The predicted molar refractivity (Wildman–Crippen MR) is 91.4 cm³/mol. The summed E-state index contributed by atoms with van der Waals surface area (Å²) in [5.41, 5.74) is 1.20. The molecule has 0 saturated carbocycles. The molecule has 2 heterocycles. The van der Waals surface area contributed by atoms with E-state index in [1.165, 1.54) is 0 Å². The van der Waals surface area contributed by atoms with Crippen LogP contribution in [0.25, 0.3) is 0 Å². The first kappa shape index (κ1) is 16.1. The van der Waals surface area contributed by atoms with Crippen molar-refractivity contribution in [3.8, 4) is 6.07 Å². The number of amides is 2. The van der Waals surface area contributed by atoms with E-state index in [1.807, 2.05) is 28.9 Å². The van der Waals surface area contributed by atoms with Gasteiger partial charge in [-0.1, -0.05) is 6.07 Å². The number of anilines is 1. The first-order valence-electron chi connectivity index (χ1n) is 8.18. The molecule has 1 aromatic carbocycles. The predicted octanol–water partition coefficient (Wildman–Crippen LogP) is 2.78. The monoisotopic (exact) mass is 323 g/mol. The number of nitriles is 1. The Hall–Kier alpha value is -2.81. The largest absolute Gasteiger partial charge is 0.338 e. The molecule has 1 N–H and O–H groups in total. The van der Waals surface area contributed by atoms with Gasteiger partial charge >= 0.3 is 6.03 Å². The van der Waals surface area contributed by atoms with E-state index in [9.17, 15) is 4.79 Å².